The van der Waals surface area contributed by atoms with E-state index in [0.29, 0.717) is 22.9 Å². The molecule has 1 N–H and O–H groups in total. The highest BCUT2D eigenvalue weighted by Gasteiger charge is 2.12. The number of nitro groups is 1. The molecule has 0 fully saturated rings. The summed E-state index contributed by atoms with van der Waals surface area (Å²) in [5.41, 5.74) is 1.66. The molecule has 5 nitrogen and oxygen atoms in total. The van der Waals surface area contributed by atoms with Crippen LogP contribution in [0.4, 0.5) is 11.5 Å². The average molecular weight is 278 g/mol. The molecule has 6 heteroatoms. The number of halogens is 1. The molecule has 1 aromatic carbocycles. The molecule has 19 heavy (non-hydrogen) atoms. The Hall–Kier alpha value is -2.14. The van der Waals surface area contributed by atoms with Gasteiger partial charge in [0.2, 0.25) is 0 Å². The lowest BCUT2D eigenvalue weighted by Gasteiger charge is -2.08. The number of anilines is 1. The van der Waals surface area contributed by atoms with Crippen molar-refractivity contribution in [3.8, 4) is 0 Å². The summed E-state index contributed by atoms with van der Waals surface area (Å²) in [6.45, 7) is 2.21. The molecule has 0 aliphatic heterocycles. The Labute approximate surface area is 115 Å². The summed E-state index contributed by atoms with van der Waals surface area (Å²) in [7, 11) is 0. The summed E-state index contributed by atoms with van der Waals surface area (Å²) >= 11 is 5.74. The molecule has 0 aliphatic rings. The molecular formula is C13H12ClN3O2. The van der Waals surface area contributed by atoms with Gasteiger partial charge in [-0.1, -0.05) is 23.7 Å². The zero-order chi connectivity index (χ0) is 13.8. The first-order chi connectivity index (χ1) is 9.08. The Balaban J connectivity index is 2.13. The van der Waals surface area contributed by atoms with Crippen molar-refractivity contribution in [1.82, 2.24) is 4.98 Å². The fourth-order valence-electron chi connectivity index (χ4n) is 1.73. The second kappa shape index (κ2) is 5.67. The molecule has 0 amide bonds. The first-order valence-corrected chi connectivity index (χ1v) is 6.04. The van der Waals surface area contributed by atoms with Crippen LogP contribution in [0, 0.1) is 17.0 Å². The second-order valence-electron chi connectivity index (χ2n) is 4.03. The predicted octanol–water partition coefficient (Wildman–Crippen LogP) is 3.56. The van der Waals surface area contributed by atoms with Crippen molar-refractivity contribution in [3.05, 3.63) is 62.8 Å². The van der Waals surface area contributed by atoms with Gasteiger partial charge in [0.1, 0.15) is 5.82 Å². The summed E-state index contributed by atoms with van der Waals surface area (Å²) in [4.78, 5) is 14.6. The zero-order valence-corrected chi connectivity index (χ0v) is 11.0. The van der Waals surface area contributed by atoms with E-state index in [-0.39, 0.29) is 10.6 Å². The van der Waals surface area contributed by atoms with Crippen LogP contribution in [0.3, 0.4) is 0 Å². The van der Waals surface area contributed by atoms with Crippen LogP contribution >= 0.6 is 11.6 Å². The summed E-state index contributed by atoms with van der Waals surface area (Å²) in [6.07, 6.45) is 1.55. The molecule has 0 atom stereocenters. The molecule has 0 bridgehead atoms. The molecule has 0 saturated heterocycles. The maximum atomic E-state index is 10.8. The largest absolute Gasteiger partial charge is 0.366 e. The van der Waals surface area contributed by atoms with Crippen molar-refractivity contribution in [2.75, 3.05) is 5.32 Å². The van der Waals surface area contributed by atoms with Gasteiger partial charge < -0.3 is 5.32 Å². The van der Waals surface area contributed by atoms with Gasteiger partial charge in [-0.25, -0.2) is 4.98 Å². The number of aromatic nitrogens is 1. The van der Waals surface area contributed by atoms with Crippen LogP contribution in [0.15, 0.2) is 36.5 Å². The van der Waals surface area contributed by atoms with Crippen molar-refractivity contribution in [1.29, 1.82) is 0 Å². The van der Waals surface area contributed by atoms with E-state index in [1.54, 1.807) is 31.3 Å². The monoisotopic (exact) mass is 277 g/mol. The van der Waals surface area contributed by atoms with Crippen LogP contribution in [0.5, 0.6) is 0 Å². The first-order valence-electron chi connectivity index (χ1n) is 5.66. The second-order valence-corrected chi connectivity index (χ2v) is 4.47. The standard InChI is InChI=1S/C13H12ClN3O2/c1-9-10(3-2-4-12(9)17(18)19)7-15-13-6-5-11(14)8-16-13/h2-6,8H,7H2,1H3,(H,15,16). The third-order valence-corrected chi connectivity index (χ3v) is 3.03. The van der Waals surface area contributed by atoms with Crippen LogP contribution in [-0.4, -0.2) is 9.91 Å². The van der Waals surface area contributed by atoms with Crippen molar-refractivity contribution in [3.63, 3.8) is 0 Å². The Morgan fingerprint density at radius 2 is 2.16 bits per heavy atom. The normalized spacial score (nSPS) is 10.2. The third kappa shape index (κ3) is 3.20. The number of hydrogen-bond donors (Lipinski definition) is 1. The number of pyridine rings is 1. The highest BCUT2D eigenvalue weighted by molar-refractivity contribution is 6.30. The minimum Gasteiger partial charge on any atom is -0.366 e. The van der Waals surface area contributed by atoms with Crippen molar-refractivity contribution in [2.24, 2.45) is 0 Å². The smallest absolute Gasteiger partial charge is 0.272 e. The first kappa shape index (κ1) is 13.3. The number of nitrogens with zero attached hydrogens (tertiary/aromatic N) is 2. The van der Waals surface area contributed by atoms with Gasteiger partial charge in [-0.05, 0) is 24.6 Å². The van der Waals surface area contributed by atoms with E-state index < -0.39 is 0 Å². The van der Waals surface area contributed by atoms with Gasteiger partial charge in [-0.3, -0.25) is 10.1 Å². The lowest BCUT2D eigenvalue weighted by atomic mass is 10.1. The molecule has 0 aliphatic carbocycles. The Morgan fingerprint density at radius 1 is 1.37 bits per heavy atom. The summed E-state index contributed by atoms with van der Waals surface area (Å²) in [5, 5.41) is 14.5. The molecule has 2 aromatic rings. The molecule has 0 saturated carbocycles. The highest BCUT2D eigenvalue weighted by atomic mass is 35.5. The number of hydrogen-bond acceptors (Lipinski definition) is 4. The van der Waals surface area contributed by atoms with E-state index in [9.17, 15) is 10.1 Å². The number of rotatable bonds is 4. The van der Waals surface area contributed by atoms with Crippen LogP contribution < -0.4 is 5.32 Å². The van der Waals surface area contributed by atoms with Crippen molar-refractivity contribution in [2.45, 2.75) is 13.5 Å². The molecule has 1 heterocycles. The van der Waals surface area contributed by atoms with E-state index in [2.05, 4.69) is 10.3 Å². The van der Waals surface area contributed by atoms with Crippen LogP contribution in [-0.2, 0) is 6.54 Å². The van der Waals surface area contributed by atoms with Gasteiger partial charge >= 0.3 is 0 Å². The van der Waals surface area contributed by atoms with E-state index in [1.165, 1.54) is 6.07 Å². The van der Waals surface area contributed by atoms with E-state index in [0.717, 1.165) is 5.56 Å². The van der Waals surface area contributed by atoms with E-state index in [1.807, 2.05) is 6.07 Å². The molecule has 0 radical (unpaired) electrons. The number of nitro benzene ring substituents is 1. The SMILES string of the molecule is Cc1c(CNc2ccc(Cl)cn2)cccc1[N+](=O)[O-]. The van der Waals surface area contributed by atoms with E-state index >= 15 is 0 Å². The van der Waals surface area contributed by atoms with Gasteiger partial charge in [-0.2, -0.15) is 0 Å². The Kier molecular flexibility index (Phi) is 3.97. The highest BCUT2D eigenvalue weighted by Crippen LogP contribution is 2.21. The van der Waals surface area contributed by atoms with Gasteiger partial charge in [0.15, 0.2) is 0 Å². The van der Waals surface area contributed by atoms with Crippen LogP contribution in [0.2, 0.25) is 5.02 Å². The predicted molar refractivity (Wildman–Crippen MR) is 74.4 cm³/mol. The average Bonchev–Trinajstić information content (AvgIpc) is 2.39. The topological polar surface area (TPSA) is 68.1 Å². The quantitative estimate of drug-likeness (QED) is 0.685. The summed E-state index contributed by atoms with van der Waals surface area (Å²) < 4.78 is 0. The Morgan fingerprint density at radius 3 is 2.79 bits per heavy atom. The van der Waals surface area contributed by atoms with Gasteiger partial charge in [0, 0.05) is 24.4 Å². The molecule has 98 valence electrons. The molecule has 2 rings (SSSR count). The van der Waals surface area contributed by atoms with Crippen LogP contribution in [0.1, 0.15) is 11.1 Å². The van der Waals surface area contributed by atoms with Gasteiger partial charge in [0.25, 0.3) is 5.69 Å². The number of nitrogens with one attached hydrogen (secondary N) is 1. The minimum absolute atomic E-state index is 0.128. The number of benzene rings is 1. The Bertz CT molecular complexity index is 599. The third-order valence-electron chi connectivity index (χ3n) is 2.80. The van der Waals surface area contributed by atoms with Crippen molar-refractivity contribution >= 4 is 23.1 Å². The van der Waals surface area contributed by atoms with Gasteiger partial charge in [0.05, 0.1) is 9.95 Å². The molecule has 0 unspecified atom stereocenters. The lowest BCUT2D eigenvalue weighted by Crippen LogP contribution is -2.04. The van der Waals surface area contributed by atoms with Crippen molar-refractivity contribution < 1.29 is 4.92 Å². The zero-order valence-electron chi connectivity index (χ0n) is 10.3. The van der Waals surface area contributed by atoms with E-state index in [4.69, 9.17) is 11.6 Å². The molecule has 0 spiro atoms. The summed E-state index contributed by atoms with van der Waals surface area (Å²) in [6, 6.07) is 8.52. The lowest BCUT2D eigenvalue weighted by molar-refractivity contribution is -0.385. The molecule has 1 aromatic heterocycles. The maximum Gasteiger partial charge on any atom is 0.272 e. The maximum absolute atomic E-state index is 10.8. The molecular weight excluding hydrogens is 266 g/mol. The van der Waals surface area contributed by atoms with Gasteiger partial charge in [-0.15, -0.1) is 0 Å². The summed E-state index contributed by atoms with van der Waals surface area (Å²) in [5.74, 6) is 0.676. The fraction of sp³-hybridized carbons (Fsp3) is 0.154. The minimum atomic E-state index is -0.376. The van der Waals surface area contributed by atoms with Crippen LogP contribution in [0.25, 0.3) is 0 Å². The fourth-order valence-corrected chi connectivity index (χ4v) is 1.84.